The van der Waals surface area contributed by atoms with Gasteiger partial charge < -0.3 is 9.15 Å². The lowest BCUT2D eigenvalue weighted by atomic mass is 10.1. The standard InChI is InChI=1S/C24H27NO6S/c1-7-8-22(26)25(32(28,29)21-12-15(3)14(2)11-16(21)4)18-9-10-20-19(13-18)23(17(5)31-20)24(27)30-6/h9-13H,7-8H2,1-6H3. The summed E-state index contributed by atoms with van der Waals surface area (Å²) in [4.78, 5) is 25.4. The zero-order chi connectivity index (χ0) is 23.8. The number of carbonyl (C=O) groups is 2. The van der Waals surface area contributed by atoms with Crippen molar-refractivity contribution in [1.29, 1.82) is 0 Å². The zero-order valence-electron chi connectivity index (χ0n) is 19.1. The number of anilines is 1. The number of nitrogens with zero attached hydrogens (tertiary/aromatic N) is 1. The number of esters is 1. The Balaban J connectivity index is 2.27. The number of amides is 1. The summed E-state index contributed by atoms with van der Waals surface area (Å²) in [6, 6.07) is 7.93. The topological polar surface area (TPSA) is 93.9 Å². The van der Waals surface area contributed by atoms with E-state index in [1.165, 1.54) is 19.2 Å². The smallest absolute Gasteiger partial charge is 0.342 e. The molecule has 0 fully saturated rings. The molecule has 1 aromatic heterocycles. The Hall–Kier alpha value is -3.13. The van der Waals surface area contributed by atoms with E-state index in [4.69, 9.17) is 9.15 Å². The third kappa shape index (κ3) is 4.02. The summed E-state index contributed by atoms with van der Waals surface area (Å²) < 4.78 is 38.8. The number of hydrogen-bond donors (Lipinski definition) is 0. The van der Waals surface area contributed by atoms with Crippen molar-refractivity contribution in [3.8, 4) is 0 Å². The summed E-state index contributed by atoms with van der Waals surface area (Å²) in [5.74, 6) is -0.801. The Bertz CT molecular complexity index is 1320. The SMILES string of the molecule is CCCC(=O)N(c1ccc2oc(C)c(C(=O)OC)c2c1)S(=O)(=O)c1cc(C)c(C)cc1C. The van der Waals surface area contributed by atoms with E-state index in [1.54, 1.807) is 32.0 Å². The first kappa shape index (κ1) is 23.5. The van der Waals surface area contributed by atoms with Gasteiger partial charge in [0.15, 0.2) is 0 Å². The van der Waals surface area contributed by atoms with Crippen LogP contribution in [0.15, 0.2) is 39.6 Å². The monoisotopic (exact) mass is 457 g/mol. The third-order valence-corrected chi connectivity index (χ3v) is 7.36. The van der Waals surface area contributed by atoms with Gasteiger partial charge in [-0.25, -0.2) is 17.5 Å². The molecule has 0 aliphatic rings. The normalized spacial score (nSPS) is 11.6. The highest BCUT2D eigenvalue weighted by Crippen LogP contribution is 2.34. The number of ether oxygens (including phenoxy) is 1. The molecule has 3 aromatic rings. The highest BCUT2D eigenvalue weighted by atomic mass is 32.2. The molecule has 3 rings (SSSR count). The molecule has 1 amide bonds. The molecular formula is C24H27NO6S. The van der Waals surface area contributed by atoms with Gasteiger partial charge in [0, 0.05) is 11.8 Å². The Morgan fingerprint density at radius 2 is 1.66 bits per heavy atom. The minimum atomic E-state index is -4.21. The minimum absolute atomic E-state index is 0.0510. The predicted octanol–water partition coefficient (Wildman–Crippen LogP) is 4.98. The van der Waals surface area contributed by atoms with E-state index in [9.17, 15) is 18.0 Å². The Kier molecular flexibility index (Phi) is 6.46. The molecule has 1 heterocycles. The van der Waals surface area contributed by atoms with E-state index >= 15 is 0 Å². The number of methoxy groups -OCH3 is 1. The van der Waals surface area contributed by atoms with E-state index in [0.29, 0.717) is 28.7 Å². The molecule has 0 bridgehead atoms. The van der Waals surface area contributed by atoms with Crippen molar-refractivity contribution in [1.82, 2.24) is 0 Å². The number of aryl methyl sites for hydroxylation is 4. The van der Waals surface area contributed by atoms with Crippen LogP contribution >= 0.6 is 0 Å². The fraction of sp³-hybridized carbons (Fsp3) is 0.333. The number of rotatable bonds is 6. The highest BCUT2D eigenvalue weighted by Gasteiger charge is 2.33. The lowest BCUT2D eigenvalue weighted by Crippen LogP contribution is -2.37. The molecule has 0 spiro atoms. The summed E-state index contributed by atoms with van der Waals surface area (Å²) in [6.07, 6.45) is 0.534. The first-order valence-electron chi connectivity index (χ1n) is 10.3. The minimum Gasteiger partial charge on any atom is -0.465 e. The van der Waals surface area contributed by atoms with Gasteiger partial charge in [-0.2, -0.15) is 0 Å². The predicted molar refractivity (Wildman–Crippen MR) is 123 cm³/mol. The second-order valence-electron chi connectivity index (χ2n) is 7.82. The van der Waals surface area contributed by atoms with Gasteiger partial charge in [0.25, 0.3) is 10.0 Å². The van der Waals surface area contributed by atoms with E-state index < -0.39 is 21.9 Å². The van der Waals surface area contributed by atoms with Crippen LogP contribution in [0.2, 0.25) is 0 Å². The van der Waals surface area contributed by atoms with Gasteiger partial charge >= 0.3 is 5.97 Å². The van der Waals surface area contributed by atoms with Crippen LogP contribution in [-0.2, 0) is 19.6 Å². The highest BCUT2D eigenvalue weighted by molar-refractivity contribution is 7.93. The molecule has 8 heteroatoms. The van der Waals surface area contributed by atoms with Crippen LogP contribution in [0.4, 0.5) is 5.69 Å². The van der Waals surface area contributed by atoms with Crippen molar-refractivity contribution >= 4 is 38.6 Å². The van der Waals surface area contributed by atoms with Crippen LogP contribution in [0.3, 0.4) is 0 Å². The van der Waals surface area contributed by atoms with Crippen molar-refractivity contribution in [2.24, 2.45) is 0 Å². The molecule has 2 aromatic carbocycles. The van der Waals surface area contributed by atoms with E-state index in [0.717, 1.165) is 15.4 Å². The largest absolute Gasteiger partial charge is 0.465 e. The molecular weight excluding hydrogens is 430 g/mol. The molecule has 0 aliphatic heterocycles. The van der Waals surface area contributed by atoms with Crippen LogP contribution < -0.4 is 4.31 Å². The first-order valence-corrected chi connectivity index (χ1v) is 11.7. The maximum Gasteiger partial charge on any atom is 0.342 e. The van der Waals surface area contributed by atoms with Gasteiger partial charge in [0.2, 0.25) is 5.91 Å². The molecule has 0 radical (unpaired) electrons. The van der Waals surface area contributed by atoms with E-state index in [-0.39, 0.29) is 22.6 Å². The number of benzene rings is 2. The van der Waals surface area contributed by atoms with Gasteiger partial charge in [-0.3, -0.25) is 4.79 Å². The summed E-state index contributed by atoms with van der Waals surface area (Å²) in [6.45, 7) is 8.88. The molecule has 0 atom stereocenters. The summed E-state index contributed by atoms with van der Waals surface area (Å²) >= 11 is 0. The van der Waals surface area contributed by atoms with Crippen molar-refractivity contribution in [2.45, 2.75) is 52.4 Å². The van der Waals surface area contributed by atoms with E-state index in [1.807, 2.05) is 20.8 Å². The molecule has 0 saturated carbocycles. The number of hydrogen-bond acceptors (Lipinski definition) is 6. The second-order valence-corrected chi connectivity index (χ2v) is 9.58. The lowest BCUT2D eigenvalue weighted by molar-refractivity contribution is -0.117. The fourth-order valence-corrected chi connectivity index (χ4v) is 5.47. The Morgan fingerprint density at radius 3 is 2.28 bits per heavy atom. The summed E-state index contributed by atoms with van der Waals surface area (Å²) in [5, 5.41) is 0.383. The quantitative estimate of drug-likeness (QED) is 0.485. The number of fused-ring (bicyclic) bond motifs is 1. The zero-order valence-corrected chi connectivity index (χ0v) is 19.9. The van der Waals surface area contributed by atoms with Gasteiger partial charge in [-0.05, 0) is 75.1 Å². The maximum atomic E-state index is 13.7. The molecule has 0 saturated heterocycles. The van der Waals surface area contributed by atoms with Crippen LogP contribution in [0.25, 0.3) is 11.0 Å². The van der Waals surface area contributed by atoms with Crippen molar-refractivity contribution in [2.75, 3.05) is 11.4 Å². The fourth-order valence-electron chi connectivity index (χ4n) is 3.73. The molecule has 0 aliphatic carbocycles. The average molecular weight is 458 g/mol. The van der Waals surface area contributed by atoms with Crippen molar-refractivity contribution < 1.29 is 27.2 Å². The van der Waals surface area contributed by atoms with Crippen LogP contribution in [0.5, 0.6) is 0 Å². The number of furan rings is 1. The summed E-state index contributed by atoms with van der Waals surface area (Å²) in [7, 11) is -2.95. The van der Waals surface area contributed by atoms with Crippen LogP contribution in [-0.4, -0.2) is 27.4 Å². The van der Waals surface area contributed by atoms with Crippen LogP contribution in [0.1, 0.15) is 52.6 Å². The van der Waals surface area contributed by atoms with Gasteiger partial charge in [0.1, 0.15) is 16.9 Å². The Labute approximate surface area is 188 Å². The third-order valence-electron chi connectivity index (χ3n) is 5.47. The molecule has 0 N–H and O–H groups in total. The summed E-state index contributed by atoms with van der Waals surface area (Å²) in [5.41, 5.74) is 3.07. The Morgan fingerprint density at radius 1 is 1.00 bits per heavy atom. The van der Waals surface area contributed by atoms with E-state index in [2.05, 4.69) is 0 Å². The second kappa shape index (κ2) is 8.78. The van der Waals surface area contributed by atoms with Gasteiger partial charge in [-0.15, -0.1) is 0 Å². The van der Waals surface area contributed by atoms with Crippen molar-refractivity contribution in [3.05, 3.63) is 58.3 Å². The van der Waals surface area contributed by atoms with Crippen molar-refractivity contribution in [3.63, 3.8) is 0 Å². The first-order chi connectivity index (χ1) is 15.0. The molecule has 0 unspecified atom stereocenters. The maximum absolute atomic E-state index is 13.7. The molecule has 170 valence electrons. The number of sulfonamides is 1. The molecule has 7 nitrogen and oxygen atoms in total. The average Bonchev–Trinajstić information content (AvgIpc) is 3.05. The van der Waals surface area contributed by atoms with Gasteiger partial charge in [0.05, 0.1) is 17.7 Å². The number of carbonyl (C=O) groups excluding carboxylic acids is 2. The lowest BCUT2D eigenvalue weighted by Gasteiger charge is -2.24. The van der Waals surface area contributed by atoms with Gasteiger partial charge in [-0.1, -0.05) is 13.0 Å². The molecule has 32 heavy (non-hydrogen) atoms. The van der Waals surface area contributed by atoms with Crippen LogP contribution in [0, 0.1) is 27.7 Å².